The summed E-state index contributed by atoms with van der Waals surface area (Å²) in [5.74, 6) is -1.33. The number of amides is 1. The van der Waals surface area contributed by atoms with Gasteiger partial charge in [0.2, 0.25) is 5.78 Å². The first kappa shape index (κ1) is 20.0. The maximum absolute atomic E-state index is 13.4. The van der Waals surface area contributed by atoms with E-state index in [0.29, 0.717) is 30.1 Å². The molecule has 1 aliphatic rings. The van der Waals surface area contributed by atoms with Gasteiger partial charge >= 0.3 is 0 Å². The van der Waals surface area contributed by atoms with Crippen LogP contribution in [0, 0.1) is 13.8 Å². The molecule has 1 aromatic carbocycles. The number of rotatable bonds is 7. The predicted molar refractivity (Wildman–Crippen MR) is 113 cm³/mol. The van der Waals surface area contributed by atoms with Crippen LogP contribution in [0.3, 0.4) is 0 Å². The quantitative estimate of drug-likeness (QED) is 0.588. The van der Waals surface area contributed by atoms with E-state index in [2.05, 4.69) is 9.97 Å². The average Bonchev–Trinajstić information content (AvgIpc) is 3.43. The molecule has 0 aliphatic carbocycles. The summed E-state index contributed by atoms with van der Waals surface area (Å²) in [6.07, 6.45) is 5.95. The van der Waals surface area contributed by atoms with Crippen LogP contribution in [0.2, 0.25) is 0 Å². The van der Waals surface area contributed by atoms with Gasteiger partial charge in [-0.1, -0.05) is 30.3 Å². The number of benzene rings is 1. The number of nitrogens with zero attached hydrogens (tertiary/aromatic N) is 4. The van der Waals surface area contributed by atoms with Gasteiger partial charge in [0, 0.05) is 25.5 Å². The summed E-state index contributed by atoms with van der Waals surface area (Å²) in [6.45, 7) is 4.69. The van der Waals surface area contributed by atoms with Crippen molar-refractivity contribution in [1.29, 1.82) is 0 Å². The normalized spacial score (nSPS) is 16.5. The zero-order valence-electron chi connectivity index (χ0n) is 16.8. The Labute approximate surface area is 178 Å². The van der Waals surface area contributed by atoms with Crippen molar-refractivity contribution < 1.29 is 14.7 Å². The Morgan fingerprint density at radius 2 is 1.97 bits per heavy atom. The molecule has 2 aromatic heterocycles. The van der Waals surface area contributed by atoms with Crippen LogP contribution in [-0.2, 0) is 11.3 Å². The van der Waals surface area contributed by atoms with E-state index in [1.54, 1.807) is 24.3 Å². The molecule has 7 nitrogen and oxygen atoms in total. The third-order valence-corrected chi connectivity index (χ3v) is 6.22. The monoisotopic (exact) mass is 422 g/mol. The molecule has 0 bridgehead atoms. The molecule has 1 aliphatic heterocycles. The van der Waals surface area contributed by atoms with Crippen LogP contribution in [0.25, 0.3) is 0 Å². The highest BCUT2D eigenvalue weighted by Crippen LogP contribution is 2.40. The lowest BCUT2D eigenvalue weighted by Crippen LogP contribution is -2.32. The van der Waals surface area contributed by atoms with Gasteiger partial charge in [0.1, 0.15) is 0 Å². The Bertz CT molecular complexity index is 1100. The lowest BCUT2D eigenvalue weighted by atomic mass is 9.95. The van der Waals surface area contributed by atoms with Gasteiger partial charge in [-0.15, -0.1) is 11.3 Å². The van der Waals surface area contributed by atoms with Gasteiger partial charge in [0.15, 0.2) is 5.76 Å². The Morgan fingerprint density at radius 3 is 2.60 bits per heavy atom. The number of carbonyl (C=O) groups is 2. The molecule has 154 valence electrons. The number of aryl methyl sites for hydroxylation is 3. The number of thiazole rings is 1. The minimum absolute atomic E-state index is 0.126. The predicted octanol–water partition coefficient (Wildman–Crippen LogP) is 3.63. The van der Waals surface area contributed by atoms with Crippen molar-refractivity contribution in [3.8, 4) is 0 Å². The van der Waals surface area contributed by atoms with Crippen molar-refractivity contribution in [3.63, 3.8) is 0 Å². The van der Waals surface area contributed by atoms with E-state index >= 15 is 0 Å². The summed E-state index contributed by atoms with van der Waals surface area (Å²) < 4.78 is 1.93. The molecular formula is C22H22N4O3S. The zero-order chi connectivity index (χ0) is 21.3. The van der Waals surface area contributed by atoms with E-state index in [0.717, 1.165) is 10.6 Å². The van der Waals surface area contributed by atoms with Crippen molar-refractivity contribution in [3.05, 3.63) is 81.5 Å². The molecule has 1 amide bonds. The highest BCUT2D eigenvalue weighted by atomic mass is 32.1. The van der Waals surface area contributed by atoms with Crippen molar-refractivity contribution >= 4 is 23.0 Å². The topological polar surface area (TPSA) is 88.3 Å². The van der Waals surface area contributed by atoms with E-state index < -0.39 is 17.7 Å². The summed E-state index contributed by atoms with van der Waals surface area (Å²) in [7, 11) is 0. The van der Waals surface area contributed by atoms with Crippen LogP contribution in [0.4, 0.5) is 0 Å². The molecule has 1 N–H and O–H groups in total. The molecule has 0 saturated carbocycles. The largest absolute Gasteiger partial charge is 0.503 e. The SMILES string of the molecule is Cc1nc(C)c(C(=O)C2=C(O)C(=O)N(CCCn3ccnc3)[C@H]2c2ccccc2)s1. The summed E-state index contributed by atoms with van der Waals surface area (Å²) in [5.41, 5.74) is 1.53. The smallest absolute Gasteiger partial charge is 0.290 e. The van der Waals surface area contributed by atoms with Gasteiger partial charge in [0.25, 0.3) is 5.91 Å². The van der Waals surface area contributed by atoms with E-state index in [4.69, 9.17) is 0 Å². The van der Waals surface area contributed by atoms with Gasteiger partial charge in [-0.3, -0.25) is 9.59 Å². The number of ketones is 1. The van der Waals surface area contributed by atoms with Gasteiger partial charge in [0.05, 0.1) is 33.5 Å². The average molecular weight is 423 g/mol. The third-order valence-electron chi connectivity index (χ3n) is 5.15. The second kappa shape index (κ2) is 8.23. The molecule has 0 saturated heterocycles. The minimum atomic E-state index is -0.629. The molecule has 4 rings (SSSR count). The van der Waals surface area contributed by atoms with Crippen molar-refractivity contribution in [1.82, 2.24) is 19.4 Å². The van der Waals surface area contributed by atoms with Crippen LogP contribution >= 0.6 is 11.3 Å². The Morgan fingerprint density at radius 1 is 1.20 bits per heavy atom. The number of aliphatic hydroxyl groups excluding tert-OH is 1. The number of carbonyl (C=O) groups excluding carboxylic acids is 2. The molecule has 1 atom stereocenters. The number of aliphatic hydroxyl groups is 1. The van der Waals surface area contributed by atoms with Crippen LogP contribution < -0.4 is 0 Å². The van der Waals surface area contributed by atoms with Crippen LogP contribution in [0.5, 0.6) is 0 Å². The first-order valence-electron chi connectivity index (χ1n) is 9.71. The molecule has 0 spiro atoms. The lowest BCUT2D eigenvalue weighted by Gasteiger charge is -2.26. The van der Waals surface area contributed by atoms with Crippen LogP contribution in [0.15, 0.2) is 60.4 Å². The molecule has 0 unspecified atom stereocenters. The summed E-state index contributed by atoms with van der Waals surface area (Å²) in [6, 6.07) is 8.72. The number of hydrogen-bond donors (Lipinski definition) is 1. The maximum Gasteiger partial charge on any atom is 0.290 e. The maximum atomic E-state index is 13.4. The molecule has 0 fully saturated rings. The van der Waals surface area contributed by atoms with Gasteiger partial charge in [-0.25, -0.2) is 9.97 Å². The standard InChI is InChI=1S/C22H22N4O3S/c1-14-21(30-15(2)24-14)19(27)17-18(16-7-4-3-5-8-16)26(22(29)20(17)28)11-6-10-25-12-9-23-13-25/h3-5,7-9,12-13,18,28H,6,10-11H2,1-2H3/t18-/m0/s1. The lowest BCUT2D eigenvalue weighted by molar-refractivity contribution is -0.129. The van der Waals surface area contributed by atoms with E-state index in [1.165, 1.54) is 11.3 Å². The van der Waals surface area contributed by atoms with Crippen molar-refractivity contribution in [2.45, 2.75) is 32.9 Å². The fourth-order valence-corrected chi connectivity index (χ4v) is 4.68. The summed E-state index contributed by atoms with van der Waals surface area (Å²) >= 11 is 1.28. The number of aromatic nitrogens is 3. The highest BCUT2D eigenvalue weighted by molar-refractivity contribution is 7.14. The summed E-state index contributed by atoms with van der Waals surface area (Å²) in [5, 5.41) is 11.5. The number of Topliss-reactive ketones (excluding diaryl/α,β-unsaturated/α-hetero) is 1. The Hall–Kier alpha value is -3.26. The van der Waals surface area contributed by atoms with E-state index in [9.17, 15) is 14.7 Å². The number of hydrogen-bond acceptors (Lipinski definition) is 6. The summed E-state index contributed by atoms with van der Waals surface area (Å²) in [4.78, 5) is 36.7. The van der Waals surface area contributed by atoms with Gasteiger partial charge in [-0.2, -0.15) is 0 Å². The van der Waals surface area contributed by atoms with Crippen molar-refractivity contribution in [2.24, 2.45) is 0 Å². The molecule has 8 heteroatoms. The Kier molecular flexibility index (Phi) is 5.50. The molecule has 3 heterocycles. The molecule has 0 radical (unpaired) electrons. The molecule has 30 heavy (non-hydrogen) atoms. The fourth-order valence-electron chi connectivity index (χ4n) is 3.81. The van der Waals surface area contributed by atoms with E-state index in [-0.39, 0.29) is 11.4 Å². The van der Waals surface area contributed by atoms with Crippen molar-refractivity contribution in [2.75, 3.05) is 6.54 Å². The second-order valence-electron chi connectivity index (χ2n) is 7.20. The van der Waals surface area contributed by atoms with Crippen LogP contribution in [0.1, 0.15) is 38.4 Å². The highest BCUT2D eigenvalue weighted by Gasteiger charge is 2.44. The fraction of sp³-hybridized carbons (Fsp3) is 0.273. The minimum Gasteiger partial charge on any atom is -0.503 e. The number of imidazole rings is 1. The zero-order valence-corrected chi connectivity index (χ0v) is 17.6. The Balaban J connectivity index is 1.67. The van der Waals surface area contributed by atoms with Crippen LogP contribution in [-0.4, -0.2) is 42.8 Å². The first-order chi connectivity index (χ1) is 14.5. The van der Waals surface area contributed by atoms with E-state index in [1.807, 2.05) is 48.0 Å². The van der Waals surface area contributed by atoms with Gasteiger partial charge in [-0.05, 0) is 25.8 Å². The third kappa shape index (κ3) is 3.66. The second-order valence-corrected chi connectivity index (χ2v) is 8.41. The first-order valence-corrected chi connectivity index (χ1v) is 10.5. The molecule has 3 aromatic rings. The molecular weight excluding hydrogens is 400 g/mol. The van der Waals surface area contributed by atoms with Gasteiger partial charge < -0.3 is 14.6 Å².